The van der Waals surface area contributed by atoms with Crippen molar-refractivity contribution in [3.05, 3.63) is 42.5 Å². The van der Waals surface area contributed by atoms with Crippen molar-refractivity contribution in [3.8, 4) is 5.75 Å². The number of benzene rings is 2. The minimum absolute atomic E-state index is 0.531. The zero-order valence-electron chi connectivity index (χ0n) is 8.26. The molecule has 0 fully saturated rings. The second-order valence-corrected chi connectivity index (χ2v) is 4.11. The Morgan fingerprint density at radius 2 is 1.88 bits per heavy atom. The van der Waals surface area contributed by atoms with Gasteiger partial charge in [-0.1, -0.05) is 30.3 Å². The van der Waals surface area contributed by atoms with E-state index in [1.54, 1.807) is 6.07 Å². The van der Waals surface area contributed by atoms with E-state index in [2.05, 4.69) is 15.9 Å². The van der Waals surface area contributed by atoms with Crippen molar-refractivity contribution in [2.45, 2.75) is 5.01 Å². The average molecular weight is 281 g/mol. The molecule has 0 aliphatic carbocycles. The summed E-state index contributed by atoms with van der Waals surface area (Å²) in [5.41, 5.74) is 0. The predicted molar refractivity (Wildman–Crippen MR) is 64.9 cm³/mol. The Labute approximate surface area is 101 Å². The second-order valence-electron chi connectivity index (χ2n) is 3.28. The topological polar surface area (TPSA) is 46.5 Å². The Morgan fingerprint density at radius 1 is 1.19 bits per heavy atom. The summed E-state index contributed by atoms with van der Waals surface area (Å²) in [6, 6.07) is 13.3. The lowest BCUT2D eigenvalue weighted by Crippen LogP contribution is -2.19. The number of carboxylic acid groups (broad SMARTS) is 1. The van der Waals surface area contributed by atoms with Crippen molar-refractivity contribution in [2.24, 2.45) is 0 Å². The van der Waals surface area contributed by atoms with E-state index in [-0.39, 0.29) is 0 Å². The summed E-state index contributed by atoms with van der Waals surface area (Å²) in [6.07, 6.45) is 0. The summed E-state index contributed by atoms with van der Waals surface area (Å²) >= 11 is 2.92. The molecule has 1 N–H and O–H groups in total. The van der Waals surface area contributed by atoms with Gasteiger partial charge in [-0.05, 0) is 38.8 Å². The standard InChI is InChI=1S/C12H9BrO3/c13-11(12(14)15)16-10-6-5-8-3-1-2-4-9(8)7-10/h1-7,11H,(H,14,15). The van der Waals surface area contributed by atoms with Crippen LogP contribution in [0.25, 0.3) is 10.8 Å². The number of alkyl halides is 1. The van der Waals surface area contributed by atoms with E-state index in [1.165, 1.54) is 0 Å². The molecule has 4 heteroatoms. The third-order valence-electron chi connectivity index (χ3n) is 2.15. The highest BCUT2D eigenvalue weighted by Crippen LogP contribution is 2.22. The van der Waals surface area contributed by atoms with Crippen molar-refractivity contribution < 1.29 is 14.6 Å². The molecule has 0 aliphatic heterocycles. The molecule has 3 nitrogen and oxygen atoms in total. The van der Waals surface area contributed by atoms with Crippen LogP contribution in [-0.4, -0.2) is 16.1 Å². The molecule has 1 atom stereocenters. The molecule has 0 spiro atoms. The van der Waals surface area contributed by atoms with Crippen LogP contribution in [0.2, 0.25) is 0 Å². The number of hydrogen-bond acceptors (Lipinski definition) is 2. The van der Waals surface area contributed by atoms with Crippen molar-refractivity contribution in [1.29, 1.82) is 0 Å². The van der Waals surface area contributed by atoms with Crippen LogP contribution in [0.15, 0.2) is 42.5 Å². The minimum atomic E-state index is -1.05. The van der Waals surface area contributed by atoms with E-state index in [0.717, 1.165) is 10.8 Å². The van der Waals surface area contributed by atoms with Crippen LogP contribution in [0.3, 0.4) is 0 Å². The molecular weight excluding hydrogens is 272 g/mol. The Morgan fingerprint density at radius 3 is 2.56 bits per heavy atom. The van der Waals surface area contributed by atoms with Gasteiger partial charge in [-0.15, -0.1) is 0 Å². The summed E-state index contributed by atoms with van der Waals surface area (Å²) in [5, 5.41) is 9.78. The molecule has 16 heavy (non-hydrogen) atoms. The quantitative estimate of drug-likeness (QED) is 0.880. The minimum Gasteiger partial charge on any atom is -0.478 e. The molecule has 0 heterocycles. The fourth-order valence-corrected chi connectivity index (χ4v) is 1.63. The Balaban J connectivity index is 2.29. The summed E-state index contributed by atoms with van der Waals surface area (Å²) in [6.45, 7) is 0. The predicted octanol–water partition coefficient (Wildman–Crippen LogP) is 3.02. The fourth-order valence-electron chi connectivity index (χ4n) is 1.41. The first-order valence-electron chi connectivity index (χ1n) is 4.69. The van der Waals surface area contributed by atoms with Crippen molar-refractivity contribution in [3.63, 3.8) is 0 Å². The van der Waals surface area contributed by atoms with Gasteiger partial charge in [0.25, 0.3) is 0 Å². The molecule has 2 rings (SSSR count). The van der Waals surface area contributed by atoms with E-state index < -0.39 is 11.0 Å². The second kappa shape index (κ2) is 4.53. The summed E-state index contributed by atoms with van der Waals surface area (Å²) in [7, 11) is 0. The molecule has 2 aromatic rings. The van der Waals surface area contributed by atoms with Gasteiger partial charge in [0.1, 0.15) is 5.75 Å². The zero-order chi connectivity index (χ0) is 11.5. The smallest absolute Gasteiger partial charge is 0.356 e. The first kappa shape index (κ1) is 11.0. The van der Waals surface area contributed by atoms with Crippen molar-refractivity contribution >= 4 is 32.7 Å². The van der Waals surface area contributed by atoms with Crippen LogP contribution in [0, 0.1) is 0 Å². The molecule has 0 saturated heterocycles. The van der Waals surface area contributed by atoms with Crippen molar-refractivity contribution in [1.82, 2.24) is 0 Å². The van der Waals surface area contributed by atoms with Crippen LogP contribution < -0.4 is 4.74 Å². The van der Waals surface area contributed by atoms with Gasteiger partial charge in [-0.3, -0.25) is 0 Å². The third kappa shape index (κ3) is 2.33. The number of ether oxygens (including phenoxy) is 1. The number of carbonyl (C=O) groups is 1. The van der Waals surface area contributed by atoms with Crippen LogP contribution >= 0.6 is 15.9 Å². The first-order chi connectivity index (χ1) is 7.66. The maximum absolute atomic E-state index is 10.6. The molecule has 2 aromatic carbocycles. The third-order valence-corrected chi connectivity index (χ3v) is 2.73. The molecule has 0 radical (unpaired) electrons. The molecule has 0 aliphatic rings. The lowest BCUT2D eigenvalue weighted by molar-refractivity contribution is -0.140. The number of halogens is 1. The summed E-state index contributed by atoms with van der Waals surface area (Å²) in [5.74, 6) is -0.517. The summed E-state index contributed by atoms with van der Waals surface area (Å²) in [4.78, 5) is 10.6. The molecule has 82 valence electrons. The highest BCUT2D eigenvalue weighted by atomic mass is 79.9. The van der Waals surface area contributed by atoms with Gasteiger partial charge in [0.15, 0.2) is 0 Å². The maximum atomic E-state index is 10.6. The van der Waals surface area contributed by atoms with Gasteiger partial charge in [0.2, 0.25) is 5.01 Å². The first-order valence-corrected chi connectivity index (χ1v) is 5.61. The van der Waals surface area contributed by atoms with Gasteiger partial charge >= 0.3 is 5.97 Å². The van der Waals surface area contributed by atoms with E-state index in [9.17, 15) is 4.79 Å². The van der Waals surface area contributed by atoms with Gasteiger partial charge in [0, 0.05) is 0 Å². The maximum Gasteiger partial charge on any atom is 0.356 e. The monoisotopic (exact) mass is 280 g/mol. The van der Waals surface area contributed by atoms with Crippen LogP contribution in [0.1, 0.15) is 0 Å². The lowest BCUT2D eigenvalue weighted by atomic mass is 10.1. The van der Waals surface area contributed by atoms with E-state index in [0.29, 0.717) is 5.75 Å². The average Bonchev–Trinajstić information content (AvgIpc) is 2.28. The van der Waals surface area contributed by atoms with Gasteiger partial charge < -0.3 is 9.84 Å². The highest BCUT2D eigenvalue weighted by molar-refractivity contribution is 9.09. The molecule has 0 amide bonds. The number of fused-ring (bicyclic) bond motifs is 1. The number of aliphatic carboxylic acids is 1. The van der Waals surface area contributed by atoms with Crippen LogP contribution in [-0.2, 0) is 4.79 Å². The largest absolute Gasteiger partial charge is 0.478 e. The fraction of sp³-hybridized carbons (Fsp3) is 0.0833. The Hall–Kier alpha value is -1.55. The van der Waals surface area contributed by atoms with E-state index in [4.69, 9.17) is 9.84 Å². The number of hydrogen-bond donors (Lipinski definition) is 1. The summed E-state index contributed by atoms with van der Waals surface area (Å²) < 4.78 is 5.20. The normalized spacial score (nSPS) is 12.3. The molecule has 0 bridgehead atoms. The van der Waals surface area contributed by atoms with Crippen molar-refractivity contribution in [2.75, 3.05) is 0 Å². The van der Waals surface area contributed by atoms with E-state index >= 15 is 0 Å². The number of rotatable bonds is 3. The van der Waals surface area contributed by atoms with Gasteiger partial charge in [-0.2, -0.15) is 0 Å². The van der Waals surface area contributed by atoms with Gasteiger partial charge in [-0.25, -0.2) is 4.79 Å². The van der Waals surface area contributed by atoms with Gasteiger partial charge in [0.05, 0.1) is 0 Å². The molecule has 0 aromatic heterocycles. The number of carboxylic acids is 1. The Bertz CT molecular complexity index is 524. The van der Waals surface area contributed by atoms with Crippen LogP contribution in [0.4, 0.5) is 0 Å². The molecule has 1 unspecified atom stereocenters. The highest BCUT2D eigenvalue weighted by Gasteiger charge is 2.14. The SMILES string of the molecule is O=C(O)C(Br)Oc1ccc2ccccc2c1. The molecule has 0 saturated carbocycles. The van der Waals surface area contributed by atoms with Crippen LogP contribution in [0.5, 0.6) is 5.75 Å². The zero-order valence-corrected chi connectivity index (χ0v) is 9.85. The Kier molecular flexibility index (Phi) is 3.10. The molecular formula is C12H9BrO3. The lowest BCUT2D eigenvalue weighted by Gasteiger charge is -2.09. The van der Waals surface area contributed by atoms with E-state index in [1.807, 2.05) is 36.4 Å².